The molecule has 1 aliphatic heterocycles. The summed E-state index contributed by atoms with van der Waals surface area (Å²) in [6, 6.07) is 20.7. The van der Waals surface area contributed by atoms with Gasteiger partial charge < -0.3 is 43.8 Å². The van der Waals surface area contributed by atoms with Crippen molar-refractivity contribution in [1.29, 1.82) is 0 Å². The number of fused-ring (bicyclic) bond motifs is 1. The van der Waals surface area contributed by atoms with Crippen molar-refractivity contribution in [2.24, 2.45) is 0 Å². The minimum absolute atomic E-state index is 0.177. The third-order valence-electron chi connectivity index (χ3n) is 9.22. The number of unbranched alkanes of at least 4 members (excludes halogenated alkanes) is 7. The van der Waals surface area contributed by atoms with Gasteiger partial charge in [0, 0.05) is 10.7 Å². The Morgan fingerprint density at radius 2 is 1.13 bits per heavy atom. The van der Waals surface area contributed by atoms with E-state index >= 15 is 0 Å². The first-order valence-corrected chi connectivity index (χ1v) is 18.7. The maximum atomic E-state index is 12.7. The highest BCUT2D eigenvalue weighted by Gasteiger charge is 2.25. The Morgan fingerprint density at radius 3 is 1.76 bits per heavy atom. The van der Waals surface area contributed by atoms with Crippen LogP contribution in [0.5, 0.6) is 40.2 Å². The molecule has 5 rings (SSSR count). The SMILES string of the molecule is COc1cc(C2NC(=O)c3cc(Cl)ccc3N2)ccc1OCCCCCCCCCCOc1cc(C=Cc2cc(OC)c(OC)c(OC)c2)ccc1OC. The number of hydrogen-bond acceptors (Lipinski definition) is 9. The summed E-state index contributed by atoms with van der Waals surface area (Å²) in [6.45, 7) is 1.25. The molecule has 10 nitrogen and oxygen atoms in total. The summed E-state index contributed by atoms with van der Waals surface area (Å²) < 4.78 is 39.8. The van der Waals surface area contributed by atoms with Crippen molar-refractivity contribution in [3.63, 3.8) is 0 Å². The molecule has 0 spiro atoms. The summed E-state index contributed by atoms with van der Waals surface area (Å²) in [4.78, 5) is 12.7. The minimum Gasteiger partial charge on any atom is -0.493 e. The molecule has 0 fully saturated rings. The van der Waals surface area contributed by atoms with Gasteiger partial charge >= 0.3 is 0 Å². The number of ether oxygens (including phenoxy) is 7. The lowest BCUT2D eigenvalue weighted by atomic mass is 10.1. The zero-order valence-corrected chi connectivity index (χ0v) is 32.6. The average molecular weight is 759 g/mol. The summed E-state index contributed by atoms with van der Waals surface area (Å²) in [5.74, 6) is 4.35. The van der Waals surface area contributed by atoms with Crippen LogP contribution in [0.15, 0.2) is 66.7 Å². The Kier molecular flexibility index (Phi) is 15.0. The number of carbonyl (C=O) groups is 1. The normalized spacial score (nSPS) is 13.4. The van der Waals surface area contributed by atoms with E-state index in [4.69, 9.17) is 44.8 Å². The number of amides is 1. The Hall–Kier alpha value is -5.22. The summed E-state index contributed by atoms with van der Waals surface area (Å²) in [7, 11) is 8.08. The molecule has 1 atom stereocenters. The van der Waals surface area contributed by atoms with Crippen molar-refractivity contribution in [3.8, 4) is 40.2 Å². The molecule has 0 saturated heterocycles. The first-order chi connectivity index (χ1) is 26.4. The molecule has 0 bridgehead atoms. The maximum absolute atomic E-state index is 12.7. The molecule has 11 heteroatoms. The van der Waals surface area contributed by atoms with E-state index in [0.717, 1.165) is 53.8 Å². The number of nitrogens with one attached hydrogen (secondary N) is 2. The first kappa shape index (κ1) is 40.0. The van der Waals surface area contributed by atoms with E-state index in [2.05, 4.69) is 10.6 Å². The van der Waals surface area contributed by atoms with Gasteiger partial charge in [0.05, 0.1) is 54.3 Å². The highest BCUT2D eigenvalue weighted by atomic mass is 35.5. The molecular weight excluding hydrogens is 708 g/mol. The van der Waals surface area contributed by atoms with Crippen LogP contribution in [0.25, 0.3) is 12.2 Å². The molecule has 0 saturated carbocycles. The van der Waals surface area contributed by atoms with E-state index < -0.39 is 0 Å². The number of halogens is 1. The van der Waals surface area contributed by atoms with Gasteiger partial charge in [0.2, 0.25) is 5.75 Å². The predicted octanol–water partition coefficient (Wildman–Crippen LogP) is 9.99. The second kappa shape index (κ2) is 20.3. The largest absolute Gasteiger partial charge is 0.493 e. The van der Waals surface area contributed by atoms with Gasteiger partial charge in [-0.05, 0) is 84.1 Å². The van der Waals surface area contributed by atoms with Gasteiger partial charge in [0.25, 0.3) is 5.91 Å². The summed E-state index contributed by atoms with van der Waals surface area (Å²) in [6.07, 6.45) is 12.5. The second-order valence-corrected chi connectivity index (χ2v) is 13.3. The van der Waals surface area contributed by atoms with E-state index in [0.29, 0.717) is 58.3 Å². The lowest BCUT2D eigenvalue weighted by molar-refractivity contribution is 0.0935. The summed E-state index contributed by atoms with van der Waals surface area (Å²) in [5.41, 5.74) is 4.04. The van der Waals surface area contributed by atoms with E-state index in [-0.39, 0.29) is 12.1 Å². The molecule has 1 aliphatic rings. The van der Waals surface area contributed by atoms with Gasteiger partial charge in [-0.3, -0.25) is 4.79 Å². The number of methoxy groups -OCH3 is 5. The molecule has 1 heterocycles. The number of carbonyl (C=O) groups excluding carboxylic acids is 1. The molecule has 54 heavy (non-hydrogen) atoms. The number of anilines is 1. The average Bonchev–Trinajstić information content (AvgIpc) is 3.20. The fraction of sp³-hybridized carbons (Fsp3) is 0.372. The van der Waals surface area contributed by atoms with Gasteiger partial charge in [0.15, 0.2) is 34.5 Å². The number of rotatable bonds is 21. The van der Waals surface area contributed by atoms with Crippen molar-refractivity contribution in [1.82, 2.24) is 5.32 Å². The summed E-state index contributed by atoms with van der Waals surface area (Å²) >= 11 is 6.06. The third-order valence-corrected chi connectivity index (χ3v) is 9.45. The molecule has 1 amide bonds. The predicted molar refractivity (Wildman–Crippen MR) is 214 cm³/mol. The molecule has 4 aromatic rings. The highest BCUT2D eigenvalue weighted by molar-refractivity contribution is 6.31. The molecule has 288 valence electrons. The molecule has 0 aliphatic carbocycles. The van der Waals surface area contributed by atoms with Gasteiger partial charge in [0.1, 0.15) is 6.17 Å². The van der Waals surface area contributed by atoms with Gasteiger partial charge in [-0.25, -0.2) is 0 Å². The van der Waals surface area contributed by atoms with Crippen molar-refractivity contribution >= 4 is 35.3 Å². The van der Waals surface area contributed by atoms with Crippen LogP contribution in [0.2, 0.25) is 5.02 Å². The zero-order valence-electron chi connectivity index (χ0n) is 31.8. The lowest BCUT2D eigenvalue weighted by Gasteiger charge is -2.28. The topological polar surface area (TPSA) is 106 Å². The third kappa shape index (κ3) is 10.7. The van der Waals surface area contributed by atoms with Crippen LogP contribution in [0.3, 0.4) is 0 Å². The fourth-order valence-corrected chi connectivity index (χ4v) is 6.48. The van der Waals surface area contributed by atoms with Crippen molar-refractivity contribution < 1.29 is 38.0 Å². The molecule has 0 aromatic heterocycles. The van der Waals surface area contributed by atoms with Gasteiger partial charge in [-0.15, -0.1) is 0 Å². The smallest absolute Gasteiger partial charge is 0.255 e. The van der Waals surface area contributed by atoms with Gasteiger partial charge in [-0.2, -0.15) is 0 Å². The first-order valence-electron chi connectivity index (χ1n) is 18.3. The summed E-state index contributed by atoms with van der Waals surface area (Å²) in [5, 5.41) is 6.85. The quantitative estimate of drug-likeness (QED) is 0.0635. The van der Waals surface area contributed by atoms with Crippen LogP contribution in [0.4, 0.5) is 5.69 Å². The van der Waals surface area contributed by atoms with Crippen LogP contribution in [0, 0.1) is 0 Å². The van der Waals surface area contributed by atoms with Crippen LogP contribution in [-0.2, 0) is 0 Å². The zero-order chi connectivity index (χ0) is 38.3. The van der Waals surface area contributed by atoms with Crippen LogP contribution >= 0.6 is 11.6 Å². The Balaban J connectivity index is 0.966. The highest BCUT2D eigenvalue weighted by Crippen LogP contribution is 2.39. The van der Waals surface area contributed by atoms with E-state index in [1.165, 1.54) is 25.7 Å². The maximum Gasteiger partial charge on any atom is 0.255 e. The van der Waals surface area contributed by atoms with E-state index in [9.17, 15) is 4.79 Å². The standard InChI is InChI=1S/C43H51ClN2O8/c1-48-35-20-16-29(14-15-30-25-39(50-3)41(52-5)40(26-30)51-4)24-38(35)54-23-13-11-9-7-6-8-10-12-22-53-36-21-17-31(27-37(36)49-2)42-45-34-19-18-32(44)28-33(34)43(47)46-42/h14-21,24-28,42,45H,6-13,22-23H2,1-5H3,(H,46,47). The second-order valence-electron chi connectivity index (χ2n) is 12.9. The number of benzene rings is 4. The van der Waals surface area contributed by atoms with Crippen LogP contribution < -0.4 is 43.8 Å². The van der Waals surface area contributed by atoms with Crippen molar-refractivity contribution in [3.05, 3.63) is 94.0 Å². The Bertz CT molecular complexity index is 1860. The minimum atomic E-state index is -0.390. The molecule has 1 unspecified atom stereocenters. The molecule has 2 N–H and O–H groups in total. The Labute approximate surface area is 323 Å². The fourth-order valence-electron chi connectivity index (χ4n) is 6.31. The Morgan fingerprint density at radius 1 is 0.556 bits per heavy atom. The lowest BCUT2D eigenvalue weighted by Crippen LogP contribution is -2.38. The van der Waals surface area contributed by atoms with Gasteiger partial charge in [-0.1, -0.05) is 74.4 Å². The van der Waals surface area contributed by atoms with E-state index in [1.54, 1.807) is 47.7 Å². The van der Waals surface area contributed by atoms with Crippen LogP contribution in [-0.4, -0.2) is 54.7 Å². The van der Waals surface area contributed by atoms with Crippen LogP contribution in [0.1, 0.15) is 84.6 Å². The van der Waals surface area contributed by atoms with E-state index in [1.807, 2.05) is 66.7 Å². The van der Waals surface area contributed by atoms with Crippen molar-refractivity contribution in [2.45, 2.75) is 57.5 Å². The molecule has 4 aromatic carbocycles. The molecular formula is C43H51ClN2O8. The monoisotopic (exact) mass is 758 g/mol. The number of hydrogen-bond donors (Lipinski definition) is 2. The molecule has 0 radical (unpaired) electrons. The van der Waals surface area contributed by atoms with Crippen molar-refractivity contribution in [2.75, 3.05) is 54.1 Å².